The lowest BCUT2D eigenvalue weighted by molar-refractivity contribution is -0.140. The van der Waals surface area contributed by atoms with Crippen molar-refractivity contribution >= 4 is 17.6 Å². The highest BCUT2D eigenvalue weighted by Gasteiger charge is 2.39. The first-order valence-electron chi connectivity index (χ1n) is 10.8. The van der Waals surface area contributed by atoms with Crippen molar-refractivity contribution in [2.75, 3.05) is 24.7 Å². The largest absolute Gasteiger partial charge is 0.420 e. The van der Waals surface area contributed by atoms with Gasteiger partial charge in [0, 0.05) is 25.5 Å². The summed E-state index contributed by atoms with van der Waals surface area (Å²) in [5, 5.41) is 2.86. The Bertz CT molecular complexity index is 1070. The molecule has 2 amide bonds. The number of nitrogens with one attached hydrogen (secondary N) is 1. The minimum absolute atomic E-state index is 0.0532. The summed E-state index contributed by atoms with van der Waals surface area (Å²) in [6, 6.07) is 5.88. The average Bonchev–Trinajstić information content (AvgIpc) is 2.81. The molecule has 0 aliphatic carbocycles. The molecule has 1 unspecified atom stereocenters. The van der Waals surface area contributed by atoms with Gasteiger partial charge in [0.25, 0.3) is 11.8 Å². The number of rotatable bonds is 6. The van der Waals surface area contributed by atoms with Crippen LogP contribution in [0.3, 0.4) is 0 Å². The molecule has 1 aliphatic rings. The fourth-order valence-electron chi connectivity index (χ4n) is 3.33. The van der Waals surface area contributed by atoms with E-state index >= 15 is 0 Å². The third-order valence-electron chi connectivity index (χ3n) is 5.78. The number of alkyl halides is 3. The predicted molar refractivity (Wildman–Crippen MR) is 119 cm³/mol. The summed E-state index contributed by atoms with van der Waals surface area (Å²) in [6.45, 7) is 6.69. The maximum Gasteiger partial charge on any atom is 0.420 e. The van der Waals surface area contributed by atoms with Crippen molar-refractivity contribution in [1.82, 2.24) is 15.2 Å². The number of carbonyl (C=O) groups excluding carboxylic acids is 2. The zero-order valence-corrected chi connectivity index (χ0v) is 19.1. The summed E-state index contributed by atoms with van der Waals surface area (Å²) >= 11 is 0. The molecule has 6 nitrogen and oxygen atoms in total. The van der Waals surface area contributed by atoms with E-state index in [1.54, 1.807) is 29.3 Å². The molecule has 1 aromatic carbocycles. The van der Waals surface area contributed by atoms with Crippen LogP contribution in [0.2, 0.25) is 0 Å². The number of pyridine rings is 1. The van der Waals surface area contributed by atoms with Crippen LogP contribution >= 0.6 is 0 Å². The van der Waals surface area contributed by atoms with Gasteiger partial charge < -0.3 is 15.1 Å². The van der Waals surface area contributed by atoms with Gasteiger partial charge in [0.2, 0.25) is 0 Å². The molecule has 0 spiro atoms. The van der Waals surface area contributed by atoms with Crippen molar-refractivity contribution in [3.63, 3.8) is 0 Å². The van der Waals surface area contributed by atoms with Crippen molar-refractivity contribution in [2.24, 2.45) is 11.8 Å². The molecular formula is C24H26F4N4O2. The Hall–Kier alpha value is -3.43. The Morgan fingerprint density at radius 2 is 1.88 bits per heavy atom. The van der Waals surface area contributed by atoms with E-state index in [1.807, 2.05) is 6.92 Å². The van der Waals surface area contributed by atoms with Gasteiger partial charge in [0.1, 0.15) is 17.2 Å². The van der Waals surface area contributed by atoms with Gasteiger partial charge in [0.05, 0.1) is 17.8 Å². The summed E-state index contributed by atoms with van der Waals surface area (Å²) in [4.78, 5) is 32.1. The molecule has 1 aromatic heterocycles. The monoisotopic (exact) mass is 478 g/mol. The lowest BCUT2D eigenvalue weighted by atomic mass is 9.98. The molecule has 0 radical (unpaired) electrons. The molecule has 3 rings (SSSR count). The third kappa shape index (κ3) is 5.73. The highest BCUT2D eigenvalue weighted by atomic mass is 19.4. The van der Waals surface area contributed by atoms with Gasteiger partial charge >= 0.3 is 6.18 Å². The van der Waals surface area contributed by atoms with Gasteiger partial charge in [-0.1, -0.05) is 26.8 Å². The van der Waals surface area contributed by atoms with Crippen molar-refractivity contribution < 1.29 is 27.2 Å². The molecular weight excluding hydrogens is 452 g/mol. The fourth-order valence-corrected chi connectivity index (χ4v) is 3.33. The number of hydrogen-bond acceptors (Lipinski definition) is 4. The second-order valence-electron chi connectivity index (χ2n) is 8.52. The lowest BCUT2D eigenvalue weighted by Gasteiger charge is -2.32. The van der Waals surface area contributed by atoms with E-state index < -0.39 is 29.0 Å². The molecule has 2 aromatic rings. The fraction of sp³-hybridized carbons (Fsp3) is 0.375. The third-order valence-corrected chi connectivity index (χ3v) is 5.78. The first-order chi connectivity index (χ1) is 16.0. The van der Waals surface area contributed by atoms with Crippen molar-refractivity contribution in [3.05, 3.63) is 71.3 Å². The number of aromatic nitrogens is 1. The van der Waals surface area contributed by atoms with Crippen molar-refractivity contribution in [1.29, 1.82) is 0 Å². The zero-order valence-electron chi connectivity index (χ0n) is 19.1. The minimum Gasteiger partial charge on any atom is -0.352 e. The van der Waals surface area contributed by atoms with Crippen LogP contribution in [0.5, 0.6) is 0 Å². The van der Waals surface area contributed by atoms with Crippen molar-refractivity contribution in [2.45, 2.75) is 26.9 Å². The molecule has 0 fully saturated rings. The molecule has 0 bridgehead atoms. The van der Waals surface area contributed by atoms with E-state index in [0.717, 1.165) is 17.0 Å². The molecule has 1 atom stereocenters. The van der Waals surface area contributed by atoms with Gasteiger partial charge in [0.15, 0.2) is 0 Å². The Balaban J connectivity index is 1.72. The molecule has 0 saturated carbocycles. The average molecular weight is 478 g/mol. The topological polar surface area (TPSA) is 65.5 Å². The van der Waals surface area contributed by atoms with Crippen LogP contribution in [-0.4, -0.2) is 41.5 Å². The van der Waals surface area contributed by atoms with Crippen LogP contribution in [0.25, 0.3) is 0 Å². The molecule has 182 valence electrons. The number of carbonyl (C=O) groups is 2. The molecule has 34 heavy (non-hydrogen) atoms. The van der Waals surface area contributed by atoms with Crippen LogP contribution in [0, 0.1) is 17.7 Å². The Labute approximate surface area is 195 Å². The van der Waals surface area contributed by atoms with Crippen LogP contribution in [-0.2, 0) is 6.18 Å². The summed E-state index contributed by atoms with van der Waals surface area (Å²) < 4.78 is 53.9. The van der Waals surface area contributed by atoms with Gasteiger partial charge in [-0.15, -0.1) is 0 Å². The second-order valence-corrected chi connectivity index (χ2v) is 8.52. The van der Waals surface area contributed by atoms with Gasteiger partial charge in [-0.2, -0.15) is 13.2 Å². The quantitative estimate of drug-likeness (QED) is 0.612. The zero-order chi connectivity index (χ0) is 25.0. The Morgan fingerprint density at radius 3 is 2.50 bits per heavy atom. The lowest BCUT2D eigenvalue weighted by Crippen LogP contribution is -2.43. The van der Waals surface area contributed by atoms with E-state index in [1.165, 1.54) is 6.20 Å². The molecule has 1 aliphatic heterocycles. The standard InChI is InChI=1S/C24H26F4N4O2/c1-15(2)16(3)12-30-22(33)17-8-9-20(29-13-17)31-10-5-11-32(14-31)23(34)18-6-4-7-19(25)21(18)24(26,27)28/h4-10,13,15-16H,11-12,14H2,1-3H3,(H,30,33). The number of amides is 2. The van der Waals surface area contributed by atoms with Crippen molar-refractivity contribution in [3.8, 4) is 0 Å². The SMILES string of the molecule is CC(C)C(C)CNC(=O)c1ccc(N2C=CCN(C(=O)c3cccc(F)c3C(F)(F)F)C2)nc1. The van der Waals surface area contributed by atoms with Crippen LogP contribution in [0.4, 0.5) is 23.4 Å². The van der Waals surface area contributed by atoms with Crippen LogP contribution in [0.15, 0.2) is 48.8 Å². The summed E-state index contributed by atoms with van der Waals surface area (Å²) in [6.07, 6.45) is -0.379. The number of hydrogen-bond donors (Lipinski definition) is 1. The highest BCUT2D eigenvalue weighted by molar-refractivity contribution is 5.96. The van der Waals surface area contributed by atoms with Crippen LogP contribution < -0.4 is 10.2 Å². The van der Waals surface area contributed by atoms with E-state index in [9.17, 15) is 27.2 Å². The number of benzene rings is 1. The van der Waals surface area contributed by atoms with Gasteiger partial charge in [-0.3, -0.25) is 9.59 Å². The summed E-state index contributed by atoms with van der Waals surface area (Å²) in [5.74, 6) is -1.57. The smallest absolute Gasteiger partial charge is 0.352 e. The Morgan fingerprint density at radius 1 is 1.15 bits per heavy atom. The maximum absolute atomic E-state index is 13.9. The van der Waals surface area contributed by atoms with E-state index in [-0.39, 0.29) is 19.1 Å². The van der Waals surface area contributed by atoms with Crippen LogP contribution in [0.1, 0.15) is 47.1 Å². The Kier molecular flexibility index (Phi) is 7.58. The first-order valence-corrected chi connectivity index (χ1v) is 10.8. The summed E-state index contributed by atoms with van der Waals surface area (Å²) in [5.41, 5.74) is -1.97. The molecule has 0 saturated heterocycles. The minimum atomic E-state index is -5.01. The predicted octanol–water partition coefficient (Wildman–Crippen LogP) is 4.70. The van der Waals surface area contributed by atoms with E-state index in [2.05, 4.69) is 24.1 Å². The van der Waals surface area contributed by atoms with Gasteiger partial charge in [-0.05, 0) is 42.2 Å². The number of halogens is 4. The normalized spacial score (nSPS) is 14.9. The molecule has 2 heterocycles. The highest BCUT2D eigenvalue weighted by Crippen LogP contribution is 2.34. The summed E-state index contributed by atoms with van der Waals surface area (Å²) in [7, 11) is 0. The van der Waals surface area contributed by atoms with Gasteiger partial charge in [-0.25, -0.2) is 9.37 Å². The number of nitrogens with zero attached hydrogens (tertiary/aromatic N) is 3. The number of anilines is 1. The first kappa shape index (κ1) is 25.2. The molecule has 10 heteroatoms. The van der Waals surface area contributed by atoms with E-state index in [0.29, 0.717) is 35.8 Å². The second kappa shape index (κ2) is 10.2. The maximum atomic E-state index is 13.9. The van der Waals surface area contributed by atoms with E-state index in [4.69, 9.17) is 0 Å². The molecule has 1 N–H and O–H groups in total.